The molecule has 1 atom stereocenters. The molecule has 1 aliphatic carbocycles. The lowest BCUT2D eigenvalue weighted by Gasteiger charge is -2.02. The van der Waals surface area contributed by atoms with E-state index in [2.05, 4.69) is 26.1 Å². The molecule has 1 aromatic carbocycles. The van der Waals surface area contributed by atoms with Crippen LogP contribution in [-0.2, 0) is 0 Å². The number of hydrogen-bond donors (Lipinski definition) is 1. The number of hydrogen-bond acceptors (Lipinski definition) is 4. The molecule has 3 rings (SSSR count). The van der Waals surface area contributed by atoms with Crippen molar-refractivity contribution in [2.24, 2.45) is 11.7 Å². The van der Waals surface area contributed by atoms with Gasteiger partial charge in [0, 0.05) is 4.47 Å². The van der Waals surface area contributed by atoms with Gasteiger partial charge in [0.05, 0.1) is 11.6 Å². The van der Waals surface area contributed by atoms with E-state index < -0.39 is 5.82 Å². The van der Waals surface area contributed by atoms with Gasteiger partial charge in [-0.3, -0.25) is 0 Å². The molecule has 1 saturated carbocycles. The lowest BCUT2D eigenvalue weighted by molar-refractivity contribution is 0.410. The van der Waals surface area contributed by atoms with E-state index in [4.69, 9.17) is 10.3 Å². The number of nitrogens with two attached hydrogens (primary N) is 1. The molecule has 1 unspecified atom stereocenters. The van der Waals surface area contributed by atoms with Crippen LogP contribution in [0.2, 0.25) is 0 Å². The summed E-state index contributed by atoms with van der Waals surface area (Å²) in [6, 6.07) is 4.48. The number of benzene rings is 1. The summed E-state index contributed by atoms with van der Waals surface area (Å²) in [7, 11) is 0. The smallest absolute Gasteiger partial charge is 0.260 e. The predicted octanol–water partition coefficient (Wildman–Crippen LogP) is 3.05. The number of aromatic nitrogens is 2. The number of halogens is 2. The second-order valence-electron chi connectivity index (χ2n) is 4.45. The Labute approximate surface area is 112 Å². The molecule has 1 aliphatic rings. The number of nitrogens with zero attached hydrogens (tertiary/aromatic N) is 2. The Morgan fingerprint density at radius 3 is 2.89 bits per heavy atom. The minimum absolute atomic E-state index is 0.172. The highest BCUT2D eigenvalue weighted by Crippen LogP contribution is 2.38. The zero-order chi connectivity index (χ0) is 12.7. The first-order valence-corrected chi connectivity index (χ1v) is 6.49. The Morgan fingerprint density at radius 2 is 2.22 bits per heavy atom. The van der Waals surface area contributed by atoms with Gasteiger partial charge in [0.25, 0.3) is 5.89 Å². The second kappa shape index (κ2) is 4.44. The average molecular weight is 312 g/mol. The quantitative estimate of drug-likeness (QED) is 0.946. The van der Waals surface area contributed by atoms with Crippen LogP contribution in [0.25, 0.3) is 11.5 Å². The van der Waals surface area contributed by atoms with Gasteiger partial charge < -0.3 is 10.3 Å². The van der Waals surface area contributed by atoms with Crippen LogP contribution in [0.1, 0.15) is 24.7 Å². The molecule has 0 aliphatic heterocycles. The van der Waals surface area contributed by atoms with Crippen molar-refractivity contribution in [3.63, 3.8) is 0 Å². The molecular weight excluding hydrogens is 301 g/mol. The van der Waals surface area contributed by atoms with E-state index in [0.717, 1.165) is 12.8 Å². The Morgan fingerprint density at radius 1 is 1.44 bits per heavy atom. The van der Waals surface area contributed by atoms with Crippen LogP contribution in [-0.4, -0.2) is 10.1 Å². The minimum Gasteiger partial charge on any atom is -0.334 e. The van der Waals surface area contributed by atoms with E-state index >= 15 is 0 Å². The number of rotatable bonds is 3. The van der Waals surface area contributed by atoms with E-state index in [1.54, 1.807) is 12.1 Å². The molecule has 0 spiro atoms. The molecule has 0 amide bonds. The highest BCUT2D eigenvalue weighted by atomic mass is 79.9. The van der Waals surface area contributed by atoms with Gasteiger partial charge in [-0.1, -0.05) is 21.1 Å². The molecule has 6 heteroatoms. The van der Waals surface area contributed by atoms with Crippen LogP contribution in [0.15, 0.2) is 27.2 Å². The highest BCUT2D eigenvalue weighted by molar-refractivity contribution is 9.10. The monoisotopic (exact) mass is 311 g/mol. The molecule has 2 aromatic rings. The van der Waals surface area contributed by atoms with Gasteiger partial charge in [0.2, 0.25) is 0 Å². The van der Waals surface area contributed by atoms with Gasteiger partial charge in [0.1, 0.15) is 5.82 Å². The molecule has 2 N–H and O–H groups in total. The van der Waals surface area contributed by atoms with Gasteiger partial charge in [-0.25, -0.2) is 4.39 Å². The van der Waals surface area contributed by atoms with Crippen molar-refractivity contribution in [3.05, 3.63) is 34.3 Å². The predicted molar refractivity (Wildman–Crippen MR) is 67.0 cm³/mol. The topological polar surface area (TPSA) is 64.9 Å². The molecule has 18 heavy (non-hydrogen) atoms. The van der Waals surface area contributed by atoms with Crippen LogP contribution in [0.5, 0.6) is 0 Å². The highest BCUT2D eigenvalue weighted by Gasteiger charge is 2.32. The van der Waals surface area contributed by atoms with Crippen molar-refractivity contribution in [1.29, 1.82) is 0 Å². The van der Waals surface area contributed by atoms with Crippen LogP contribution in [0, 0.1) is 11.7 Å². The maximum atomic E-state index is 13.7. The summed E-state index contributed by atoms with van der Waals surface area (Å²) in [5.41, 5.74) is 6.26. The lowest BCUT2D eigenvalue weighted by atomic mass is 10.2. The Balaban J connectivity index is 1.92. The standard InChI is InChI=1S/C12H11BrFN3O/c13-7-3-4-8(9(14)5-7)12-16-11(17-18-12)10(15)6-1-2-6/h3-6,10H,1-2,15H2. The fourth-order valence-corrected chi connectivity index (χ4v) is 2.14. The molecule has 0 bridgehead atoms. The molecule has 0 radical (unpaired) electrons. The second-order valence-corrected chi connectivity index (χ2v) is 5.36. The third-order valence-electron chi connectivity index (χ3n) is 3.03. The maximum Gasteiger partial charge on any atom is 0.260 e. The van der Waals surface area contributed by atoms with Gasteiger partial charge in [0.15, 0.2) is 5.82 Å². The molecule has 0 saturated heterocycles. The molecule has 94 valence electrons. The van der Waals surface area contributed by atoms with E-state index in [1.807, 2.05) is 0 Å². The Bertz CT molecular complexity index is 582. The molecule has 1 heterocycles. The summed E-state index contributed by atoms with van der Waals surface area (Å²) in [5.74, 6) is 0.658. The van der Waals surface area contributed by atoms with Gasteiger partial charge >= 0.3 is 0 Å². The summed E-state index contributed by atoms with van der Waals surface area (Å²) in [5, 5.41) is 3.83. The summed E-state index contributed by atoms with van der Waals surface area (Å²) < 4.78 is 19.5. The molecule has 1 aromatic heterocycles. The van der Waals surface area contributed by atoms with E-state index in [1.165, 1.54) is 6.07 Å². The van der Waals surface area contributed by atoms with E-state index in [-0.39, 0.29) is 11.9 Å². The van der Waals surface area contributed by atoms with Crippen LogP contribution in [0.4, 0.5) is 4.39 Å². The van der Waals surface area contributed by atoms with Gasteiger partial charge in [-0.15, -0.1) is 0 Å². The summed E-state index contributed by atoms with van der Waals surface area (Å²) in [6.07, 6.45) is 2.19. The third-order valence-corrected chi connectivity index (χ3v) is 3.52. The van der Waals surface area contributed by atoms with Crippen molar-refractivity contribution in [2.45, 2.75) is 18.9 Å². The first-order valence-electron chi connectivity index (χ1n) is 5.70. The zero-order valence-electron chi connectivity index (χ0n) is 9.44. The molecule has 4 nitrogen and oxygen atoms in total. The molecule has 1 fully saturated rings. The Kier molecular flexibility index (Phi) is 2.91. The maximum absolute atomic E-state index is 13.7. The molecular formula is C12H11BrFN3O. The van der Waals surface area contributed by atoms with Gasteiger partial charge in [-0.05, 0) is 37.0 Å². The SMILES string of the molecule is NC(c1noc(-c2ccc(Br)cc2F)n1)C1CC1. The van der Waals surface area contributed by atoms with E-state index in [0.29, 0.717) is 21.8 Å². The fraction of sp³-hybridized carbons (Fsp3) is 0.333. The summed E-state index contributed by atoms with van der Waals surface area (Å²) in [4.78, 5) is 4.17. The Hall–Kier alpha value is -1.27. The summed E-state index contributed by atoms with van der Waals surface area (Å²) >= 11 is 3.20. The zero-order valence-corrected chi connectivity index (χ0v) is 11.0. The van der Waals surface area contributed by atoms with Crippen LogP contribution >= 0.6 is 15.9 Å². The normalized spacial score (nSPS) is 16.8. The van der Waals surface area contributed by atoms with Crippen molar-refractivity contribution in [2.75, 3.05) is 0 Å². The lowest BCUT2D eigenvalue weighted by Crippen LogP contribution is -2.13. The first kappa shape index (κ1) is 11.8. The van der Waals surface area contributed by atoms with Gasteiger partial charge in [-0.2, -0.15) is 4.98 Å². The van der Waals surface area contributed by atoms with Crippen molar-refractivity contribution in [3.8, 4) is 11.5 Å². The average Bonchev–Trinajstić information content (AvgIpc) is 3.07. The van der Waals surface area contributed by atoms with Crippen molar-refractivity contribution in [1.82, 2.24) is 10.1 Å². The van der Waals surface area contributed by atoms with Crippen molar-refractivity contribution >= 4 is 15.9 Å². The summed E-state index contributed by atoms with van der Waals surface area (Å²) in [6.45, 7) is 0. The van der Waals surface area contributed by atoms with Crippen LogP contribution < -0.4 is 5.73 Å². The van der Waals surface area contributed by atoms with Crippen molar-refractivity contribution < 1.29 is 8.91 Å². The van der Waals surface area contributed by atoms with Crippen LogP contribution in [0.3, 0.4) is 0 Å². The minimum atomic E-state index is -0.403. The third kappa shape index (κ3) is 2.18. The fourth-order valence-electron chi connectivity index (χ4n) is 1.81. The first-order chi connectivity index (χ1) is 8.65. The largest absolute Gasteiger partial charge is 0.334 e. The van der Waals surface area contributed by atoms with E-state index in [9.17, 15) is 4.39 Å².